The van der Waals surface area contributed by atoms with Gasteiger partial charge in [-0.15, -0.1) is 0 Å². The molecular formula is C12H19BFNO2. The Morgan fingerprint density at radius 3 is 2.53 bits per heavy atom. The van der Waals surface area contributed by atoms with E-state index in [9.17, 15) is 4.39 Å². The van der Waals surface area contributed by atoms with E-state index in [1.165, 1.54) is 6.07 Å². The van der Waals surface area contributed by atoms with Crippen molar-refractivity contribution in [1.29, 1.82) is 0 Å². The van der Waals surface area contributed by atoms with E-state index in [4.69, 9.17) is 10.0 Å². The van der Waals surface area contributed by atoms with Crippen molar-refractivity contribution < 1.29 is 14.4 Å². The summed E-state index contributed by atoms with van der Waals surface area (Å²) in [6, 6.07) is 4.58. The molecule has 5 heteroatoms. The maximum atomic E-state index is 13.3. The zero-order valence-electron chi connectivity index (χ0n) is 10.5. The molecule has 0 aromatic heterocycles. The van der Waals surface area contributed by atoms with Gasteiger partial charge in [0, 0.05) is 12.6 Å². The molecule has 3 nitrogen and oxygen atoms in total. The fourth-order valence-corrected chi connectivity index (χ4v) is 1.67. The summed E-state index contributed by atoms with van der Waals surface area (Å²) in [6.07, 6.45) is 1.02. The van der Waals surface area contributed by atoms with Crippen LogP contribution in [0.25, 0.3) is 0 Å². The third-order valence-electron chi connectivity index (χ3n) is 3.05. The smallest absolute Gasteiger partial charge is 0.423 e. The second kappa shape index (κ2) is 6.14. The van der Waals surface area contributed by atoms with Gasteiger partial charge in [-0.1, -0.05) is 13.0 Å². The summed E-state index contributed by atoms with van der Waals surface area (Å²) in [5, 5.41) is 18.1. The molecule has 2 N–H and O–H groups in total. The number of hydrogen-bond acceptors (Lipinski definition) is 3. The van der Waals surface area contributed by atoms with Gasteiger partial charge in [-0.2, -0.15) is 0 Å². The predicted octanol–water partition coefficient (Wildman–Crippen LogP) is 0.736. The van der Waals surface area contributed by atoms with Crippen molar-refractivity contribution in [2.24, 2.45) is 0 Å². The number of halogens is 1. The first-order chi connectivity index (χ1) is 7.93. The topological polar surface area (TPSA) is 43.7 Å². The van der Waals surface area contributed by atoms with E-state index in [0.717, 1.165) is 18.1 Å². The van der Waals surface area contributed by atoms with E-state index in [-0.39, 0.29) is 5.46 Å². The lowest BCUT2D eigenvalue weighted by Crippen LogP contribution is -2.32. The van der Waals surface area contributed by atoms with Gasteiger partial charge in [0.05, 0.1) is 0 Å². The minimum Gasteiger partial charge on any atom is -0.423 e. The molecule has 0 saturated carbocycles. The Kier molecular flexibility index (Phi) is 5.12. The second-order valence-corrected chi connectivity index (χ2v) is 4.44. The van der Waals surface area contributed by atoms with Crippen molar-refractivity contribution in [2.75, 3.05) is 7.05 Å². The molecule has 0 fully saturated rings. The van der Waals surface area contributed by atoms with Crippen molar-refractivity contribution >= 4 is 12.6 Å². The summed E-state index contributed by atoms with van der Waals surface area (Å²) in [5.74, 6) is -0.442. The summed E-state index contributed by atoms with van der Waals surface area (Å²) >= 11 is 0. The molecule has 94 valence electrons. The molecule has 0 aliphatic heterocycles. The number of nitrogens with zero attached hydrogens (tertiary/aromatic N) is 1. The lowest BCUT2D eigenvalue weighted by Gasteiger charge is -2.23. The normalized spacial score (nSPS) is 12.9. The van der Waals surface area contributed by atoms with Crippen molar-refractivity contribution in [3.05, 3.63) is 29.6 Å². The van der Waals surface area contributed by atoms with E-state index >= 15 is 0 Å². The Morgan fingerprint density at radius 2 is 2.00 bits per heavy atom. The van der Waals surface area contributed by atoms with Crippen molar-refractivity contribution in [1.82, 2.24) is 4.90 Å². The van der Waals surface area contributed by atoms with E-state index < -0.39 is 12.9 Å². The Hall–Kier alpha value is -0.905. The molecule has 0 aliphatic carbocycles. The molecular weight excluding hydrogens is 220 g/mol. The highest BCUT2D eigenvalue weighted by Gasteiger charge is 2.14. The van der Waals surface area contributed by atoms with Gasteiger partial charge in [0.1, 0.15) is 5.82 Å². The van der Waals surface area contributed by atoms with E-state index in [2.05, 4.69) is 18.7 Å². The Labute approximate surface area is 102 Å². The van der Waals surface area contributed by atoms with Gasteiger partial charge in [-0.25, -0.2) is 4.39 Å². The maximum Gasteiger partial charge on any atom is 0.488 e. The van der Waals surface area contributed by atoms with Gasteiger partial charge in [-0.05, 0) is 43.6 Å². The fourth-order valence-electron chi connectivity index (χ4n) is 1.67. The van der Waals surface area contributed by atoms with Crippen molar-refractivity contribution in [3.8, 4) is 0 Å². The number of hydrogen-bond donors (Lipinski definition) is 2. The molecule has 1 aromatic carbocycles. The first-order valence-corrected chi connectivity index (χ1v) is 5.79. The highest BCUT2D eigenvalue weighted by Crippen LogP contribution is 2.09. The molecule has 1 rings (SSSR count). The van der Waals surface area contributed by atoms with Crippen LogP contribution < -0.4 is 5.46 Å². The van der Waals surface area contributed by atoms with Crippen LogP contribution in [0.3, 0.4) is 0 Å². The van der Waals surface area contributed by atoms with Crippen molar-refractivity contribution in [3.63, 3.8) is 0 Å². The van der Waals surface area contributed by atoms with Gasteiger partial charge in [0.25, 0.3) is 0 Å². The molecule has 0 radical (unpaired) electrons. The summed E-state index contributed by atoms with van der Waals surface area (Å²) in [5.41, 5.74) is 0.938. The van der Waals surface area contributed by atoms with E-state index in [1.807, 2.05) is 7.05 Å². The van der Waals surface area contributed by atoms with Gasteiger partial charge in [0.2, 0.25) is 0 Å². The van der Waals surface area contributed by atoms with Crippen LogP contribution in [0, 0.1) is 5.82 Å². The van der Waals surface area contributed by atoms with Gasteiger partial charge in [0.15, 0.2) is 0 Å². The van der Waals surface area contributed by atoms with Crippen LogP contribution in [0.2, 0.25) is 0 Å². The summed E-state index contributed by atoms with van der Waals surface area (Å²) in [7, 11) is 0.340. The molecule has 0 spiro atoms. The standard InChI is InChI=1S/C12H19BFNO2/c1-4-9(2)15(3)8-10-5-11(13(16)17)7-12(14)6-10/h5-7,9,16-17H,4,8H2,1-3H3. The van der Waals surface area contributed by atoms with Gasteiger partial charge < -0.3 is 10.0 Å². The zero-order chi connectivity index (χ0) is 13.0. The number of rotatable bonds is 5. The SMILES string of the molecule is CCC(C)N(C)Cc1cc(F)cc(B(O)O)c1. The maximum absolute atomic E-state index is 13.3. The highest BCUT2D eigenvalue weighted by atomic mass is 19.1. The Bertz CT molecular complexity index is 374. The molecule has 0 aliphatic rings. The van der Waals surface area contributed by atoms with E-state index in [0.29, 0.717) is 12.6 Å². The third-order valence-corrected chi connectivity index (χ3v) is 3.05. The predicted molar refractivity (Wildman–Crippen MR) is 67.4 cm³/mol. The minimum atomic E-state index is -1.63. The first-order valence-electron chi connectivity index (χ1n) is 5.79. The molecule has 0 bridgehead atoms. The molecule has 0 amide bonds. The average molecular weight is 239 g/mol. The zero-order valence-corrected chi connectivity index (χ0v) is 10.5. The summed E-state index contributed by atoms with van der Waals surface area (Å²) < 4.78 is 13.3. The summed E-state index contributed by atoms with van der Waals surface area (Å²) in [6.45, 7) is 4.78. The van der Waals surface area contributed by atoms with Crippen LogP contribution in [0.4, 0.5) is 4.39 Å². The van der Waals surface area contributed by atoms with Gasteiger partial charge in [-0.3, -0.25) is 4.90 Å². The quantitative estimate of drug-likeness (QED) is 0.744. The molecule has 17 heavy (non-hydrogen) atoms. The molecule has 0 heterocycles. The van der Waals surface area contributed by atoms with Gasteiger partial charge >= 0.3 is 7.12 Å². The fraction of sp³-hybridized carbons (Fsp3) is 0.500. The second-order valence-electron chi connectivity index (χ2n) is 4.44. The van der Waals surface area contributed by atoms with Crippen molar-refractivity contribution in [2.45, 2.75) is 32.9 Å². The molecule has 1 unspecified atom stereocenters. The minimum absolute atomic E-state index is 0.192. The van der Waals surface area contributed by atoms with Crippen LogP contribution in [0.1, 0.15) is 25.8 Å². The lowest BCUT2D eigenvalue weighted by molar-refractivity contribution is 0.243. The first kappa shape index (κ1) is 14.2. The Balaban J connectivity index is 2.84. The number of benzene rings is 1. The van der Waals surface area contributed by atoms with E-state index in [1.54, 1.807) is 6.07 Å². The molecule has 1 atom stereocenters. The summed E-state index contributed by atoms with van der Waals surface area (Å²) in [4.78, 5) is 2.10. The van der Waals surface area contributed by atoms with Crippen LogP contribution in [-0.2, 0) is 6.54 Å². The van der Waals surface area contributed by atoms with Crippen LogP contribution in [0.15, 0.2) is 18.2 Å². The Morgan fingerprint density at radius 1 is 1.35 bits per heavy atom. The van der Waals surface area contributed by atoms with Crippen LogP contribution in [-0.4, -0.2) is 35.2 Å². The monoisotopic (exact) mass is 239 g/mol. The molecule has 1 aromatic rings. The largest absolute Gasteiger partial charge is 0.488 e. The molecule has 0 saturated heterocycles. The van der Waals surface area contributed by atoms with Crippen LogP contribution in [0.5, 0.6) is 0 Å². The lowest BCUT2D eigenvalue weighted by atomic mass is 9.79. The highest BCUT2D eigenvalue weighted by molar-refractivity contribution is 6.58. The average Bonchev–Trinajstić information content (AvgIpc) is 2.26. The third kappa shape index (κ3) is 4.11. The van der Waals surface area contributed by atoms with Crippen LogP contribution >= 0.6 is 0 Å².